The van der Waals surface area contributed by atoms with Crippen molar-refractivity contribution in [1.82, 2.24) is 4.90 Å². The van der Waals surface area contributed by atoms with Crippen LogP contribution >= 0.6 is 0 Å². The van der Waals surface area contributed by atoms with E-state index in [1.54, 1.807) is 7.11 Å². The molecule has 5 rings (SSSR count). The summed E-state index contributed by atoms with van der Waals surface area (Å²) in [7, 11) is 3.49. The average Bonchev–Trinajstić information content (AvgIpc) is 3.39. The summed E-state index contributed by atoms with van der Waals surface area (Å²) in [6, 6.07) is 27.3. The van der Waals surface area contributed by atoms with E-state index in [-0.39, 0.29) is 16.9 Å². The molecule has 0 spiro atoms. The quantitative estimate of drug-likeness (QED) is 0.211. The number of rotatable bonds is 12. The van der Waals surface area contributed by atoms with E-state index in [9.17, 15) is 9.90 Å². The number of aliphatic hydroxyl groups is 1. The first-order chi connectivity index (χ1) is 21.4. The third kappa shape index (κ3) is 6.70. The molecule has 2 aliphatic rings. The predicted octanol–water partition coefficient (Wildman–Crippen LogP) is 7.77. The van der Waals surface area contributed by atoms with Crippen LogP contribution in [0.15, 0.2) is 84.9 Å². The molecule has 6 atom stereocenters. The van der Waals surface area contributed by atoms with Crippen molar-refractivity contribution < 1.29 is 24.1 Å². The summed E-state index contributed by atoms with van der Waals surface area (Å²) in [6.07, 6.45) is 2.27. The van der Waals surface area contributed by atoms with Crippen LogP contribution in [-0.2, 0) is 20.8 Å². The van der Waals surface area contributed by atoms with Gasteiger partial charge in [0.2, 0.25) is 0 Å². The van der Waals surface area contributed by atoms with Crippen molar-refractivity contribution in [3.05, 3.63) is 102 Å². The van der Waals surface area contributed by atoms with Gasteiger partial charge in [-0.1, -0.05) is 86.6 Å². The highest BCUT2D eigenvalue weighted by molar-refractivity contribution is 5.75. The summed E-state index contributed by atoms with van der Waals surface area (Å²) in [4.78, 5) is 16.9. The van der Waals surface area contributed by atoms with Crippen LogP contribution < -0.4 is 4.74 Å². The topological polar surface area (TPSA) is 68.2 Å². The number of fused-ring (bicyclic) bond motifs is 2. The monoisotopic (exact) mass is 613 g/mol. The van der Waals surface area contributed by atoms with Gasteiger partial charge in [-0.05, 0) is 80.2 Å². The molecular formula is C39H51NO5. The van der Waals surface area contributed by atoms with Crippen LogP contribution in [0.25, 0.3) is 0 Å². The van der Waals surface area contributed by atoms with Gasteiger partial charge in [0, 0.05) is 25.6 Å². The Bertz CT molecular complexity index is 1400. The molecule has 2 saturated carbocycles. The molecule has 0 radical (unpaired) electrons. The van der Waals surface area contributed by atoms with Crippen LogP contribution in [0.1, 0.15) is 82.7 Å². The van der Waals surface area contributed by atoms with Crippen LogP contribution in [0.4, 0.5) is 0 Å². The average molecular weight is 614 g/mol. The highest BCUT2D eigenvalue weighted by atomic mass is 16.6. The zero-order chi connectivity index (χ0) is 32.4. The number of carbonyl (C=O) groups is 1. The zero-order valence-corrected chi connectivity index (χ0v) is 28.0. The minimum atomic E-state index is -1.10. The lowest BCUT2D eigenvalue weighted by Crippen LogP contribution is -2.51. The van der Waals surface area contributed by atoms with Crippen molar-refractivity contribution in [1.29, 1.82) is 0 Å². The number of hydrogen-bond donors (Lipinski definition) is 1. The molecule has 6 nitrogen and oxygen atoms in total. The normalized spacial score (nSPS) is 24.3. The van der Waals surface area contributed by atoms with Gasteiger partial charge in [0.15, 0.2) is 0 Å². The smallest absolute Gasteiger partial charge is 0.314 e. The summed E-state index contributed by atoms with van der Waals surface area (Å²) < 4.78 is 17.9. The molecule has 242 valence electrons. The molecule has 0 aliphatic heterocycles. The number of carbonyl (C=O) groups excluding carboxylic acids is 1. The van der Waals surface area contributed by atoms with Crippen LogP contribution in [0, 0.1) is 22.7 Å². The van der Waals surface area contributed by atoms with Crippen LogP contribution in [0.3, 0.4) is 0 Å². The number of ether oxygens (including phenoxy) is 3. The molecule has 2 fully saturated rings. The Morgan fingerprint density at radius 1 is 0.933 bits per heavy atom. The summed E-state index contributed by atoms with van der Waals surface area (Å²) in [5.41, 5.74) is 1.94. The van der Waals surface area contributed by atoms with E-state index >= 15 is 0 Å². The lowest BCUT2D eigenvalue weighted by atomic mass is 9.67. The Morgan fingerprint density at radius 3 is 2.11 bits per heavy atom. The van der Waals surface area contributed by atoms with Crippen molar-refractivity contribution in [2.24, 2.45) is 22.7 Å². The molecule has 0 saturated heterocycles. The van der Waals surface area contributed by atoms with Crippen molar-refractivity contribution >= 4 is 5.97 Å². The third-order valence-corrected chi connectivity index (χ3v) is 10.7. The number of benzene rings is 3. The molecule has 0 heterocycles. The van der Waals surface area contributed by atoms with Gasteiger partial charge in [0.25, 0.3) is 0 Å². The van der Waals surface area contributed by atoms with E-state index in [1.165, 1.54) is 6.42 Å². The lowest BCUT2D eigenvalue weighted by molar-refractivity contribution is -0.170. The Hall–Kier alpha value is -3.19. The number of esters is 1. The predicted molar refractivity (Wildman–Crippen MR) is 178 cm³/mol. The largest absolute Gasteiger partial charge is 0.497 e. The SMILES string of the molecule is COc1ccc([C@H]([C@H](C(=O)OC(C)(C)C)[C@@H](O)c2ccccc2)N(Cc2ccccc2)C[C@]23CC[C@H](C[C@H]2OC)C3(C)C)cc1. The van der Waals surface area contributed by atoms with Gasteiger partial charge in [0.05, 0.1) is 25.4 Å². The highest BCUT2D eigenvalue weighted by Gasteiger charge is 2.65. The Labute approximate surface area is 269 Å². The summed E-state index contributed by atoms with van der Waals surface area (Å²) in [5.74, 6) is -0.0218. The second-order valence-electron chi connectivity index (χ2n) is 14.6. The van der Waals surface area contributed by atoms with E-state index < -0.39 is 29.6 Å². The zero-order valence-electron chi connectivity index (χ0n) is 28.0. The second kappa shape index (κ2) is 13.3. The molecule has 45 heavy (non-hydrogen) atoms. The van der Waals surface area contributed by atoms with E-state index in [0.717, 1.165) is 29.7 Å². The van der Waals surface area contributed by atoms with Crippen molar-refractivity contribution in [2.45, 2.75) is 84.3 Å². The number of methoxy groups -OCH3 is 2. The van der Waals surface area contributed by atoms with E-state index in [2.05, 4.69) is 43.0 Å². The van der Waals surface area contributed by atoms with Crippen molar-refractivity contribution in [2.75, 3.05) is 20.8 Å². The van der Waals surface area contributed by atoms with E-state index in [1.807, 2.05) is 88.5 Å². The Kier molecular flexibility index (Phi) is 9.79. The molecule has 1 N–H and O–H groups in total. The first kappa shape index (κ1) is 33.2. The summed E-state index contributed by atoms with van der Waals surface area (Å²) in [6.45, 7) is 11.7. The molecule has 3 aromatic carbocycles. The van der Waals surface area contributed by atoms with Crippen LogP contribution in [0.2, 0.25) is 0 Å². The molecule has 3 aromatic rings. The molecule has 2 bridgehead atoms. The molecule has 0 aromatic heterocycles. The fourth-order valence-corrected chi connectivity index (χ4v) is 8.24. The lowest BCUT2D eigenvalue weighted by Gasteiger charge is -2.48. The van der Waals surface area contributed by atoms with Crippen molar-refractivity contribution in [3.8, 4) is 5.75 Å². The maximum Gasteiger partial charge on any atom is 0.314 e. The van der Waals surface area contributed by atoms with Gasteiger partial charge in [0.1, 0.15) is 17.3 Å². The standard InChI is InChI=1S/C39H51NO5/c1-37(2,3)45-36(42)33(35(41)29-16-12-9-13-17-29)34(28-18-20-31(43-6)21-19-28)40(25-27-14-10-8-11-15-27)26-39-23-22-30(38(39,4)5)24-32(39)44-7/h8-21,30,32-35,41H,22-26H2,1-7H3/t30-,32-,33+,34-,35+,39-/m1/s1. The van der Waals surface area contributed by atoms with Gasteiger partial charge in [-0.2, -0.15) is 0 Å². The first-order valence-electron chi connectivity index (χ1n) is 16.3. The third-order valence-electron chi connectivity index (χ3n) is 10.7. The molecule has 0 unspecified atom stereocenters. The number of hydrogen-bond acceptors (Lipinski definition) is 6. The maximum atomic E-state index is 14.5. The van der Waals surface area contributed by atoms with Gasteiger partial charge in [-0.15, -0.1) is 0 Å². The van der Waals surface area contributed by atoms with Crippen LogP contribution in [0.5, 0.6) is 5.75 Å². The highest BCUT2D eigenvalue weighted by Crippen LogP contribution is 2.67. The van der Waals surface area contributed by atoms with Crippen molar-refractivity contribution in [3.63, 3.8) is 0 Å². The second-order valence-corrected chi connectivity index (χ2v) is 14.6. The van der Waals surface area contributed by atoms with E-state index in [4.69, 9.17) is 14.2 Å². The van der Waals surface area contributed by atoms with Gasteiger partial charge in [-0.25, -0.2) is 0 Å². The van der Waals surface area contributed by atoms with Gasteiger partial charge < -0.3 is 19.3 Å². The fraction of sp³-hybridized carbons (Fsp3) is 0.513. The molecule has 6 heteroatoms. The number of aliphatic hydroxyl groups excluding tert-OH is 1. The molecule has 0 amide bonds. The van der Waals surface area contributed by atoms with Gasteiger partial charge in [-0.3, -0.25) is 9.69 Å². The maximum absolute atomic E-state index is 14.5. The molecular weight excluding hydrogens is 562 g/mol. The fourth-order valence-electron chi connectivity index (χ4n) is 8.24. The van der Waals surface area contributed by atoms with Crippen LogP contribution in [-0.4, -0.2) is 48.4 Å². The van der Waals surface area contributed by atoms with E-state index in [0.29, 0.717) is 24.6 Å². The first-order valence-corrected chi connectivity index (χ1v) is 16.3. The minimum absolute atomic E-state index is 0.0481. The summed E-state index contributed by atoms with van der Waals surface area (Å²) in [5, 5.41) is 12.2. The summed E-state index contributed by atoms with van der Waals surface area (Å²) >= 11 is 0. The Morgan fingerprint density at radius 2 is 1.56 bits per heavy atom. The molecule has 2 aliphatic carbocycles. The number of nitrogens with zero attached hydrogens (tertiary/aromatic N) is 1. The Balaban J connectivity index is 1.71. The minimum Gasteiger partial charge on any atom is -0.497 e. The van der Waals surface area contributed by atoms with Gasteiger partial charge >= 0.3 is 5.97 Å².